The van der Waals surface area contributed by atoms with Gasteiger partial charge in [0.25, 0.3) is 0 Å². The first-order valence-electron chi connectivity index (χ1n) is 3.73. The summed E-state index contributed by atoms with van der Waals surface area (Å²) >= 11 is 0. The number of nitro groups is 1. The van der Waals surface area contributed by atoms with E-state index in [0.29, 0.717) is 0 Å². The molecule has 0 spiro atoms. The van der Waals surface area contributed by atoms with Crippen LogP contribution in [0, 0.1) is 16.5 Å². The molecule has 0 saturated carbocycles. The van der Waals surface area contributed by atoms with E-state index in [9.17, 15) is 10.1 Å². The van der Waals surface area contributed by atoms with Crippen LogP contribution in [0.3, 0.4) is 0 Å². The van der Waals surface area contributed by atoms with Gasteiger partial charge in [0.2, 0.25) is 6.04 Å². The Morgan fingerprint density at radius 1 is 1.42 bits per heavy atom. The molecule has 0 aliphatic carbocycles. The molecule has 3 heteroatoms. The first-order valence-corrected chi connectivity index (χ1v) is 3.73. The van der Waals surface area contributed by atoms with Crippen molar-refractivity contribution in [3.05, 3.63) is 52.4 Å². The van der Waals surface area contributed by atoms with E-state index in [2.05, 4.69) is 0 Å². The van der Waals surface area contributed by atoms with E-state index in [1.807, 2.05) is 6.07 Å². The average molecular weight is 164 g/mol. The molecule has 63 valence electrons. The maximum atomic E-state index is 10.5. The van der Waals surface area contributed by atoms with Crippen LogP contribution in [0.5, 0.6) is 0 Å². The quantitative estimate of drug-likeness (QED) is 0.507. The van der Waals surface area contributed by atoms with Gasteiger partial charge in [0.05, 0.1) is 0 Å². The molecule has 1 rings (SSSR count). The van der Waals surface area contributed by atoms with Crippen molar-refractivity contribution < 1.29 is 4.92 Å². The molecule has 0 aliphatic rings. The van der Waals surface area contributed by atoms with Crippen molar-refractivity contribution in [3.8, 4) is 0 Å². The van der Waals surface area contributed by atoms with Crippen LogP contribution in [0.4, 0.5) is 0 Å². The molecule has 1 radical (unpaired) electrons. The molecule has 0 aliphatic heterocycles. The fraction of sp³-hybridized carbons (Fsp3) is 0.222. The fourth-order valence-electron chi connectivity index (χ4n) is 1.09. The molecule has 1 unspecified atom stereocenters. The summed E-state index contributed by atoms with van der Waals surface area (Å²) in [6.07, 6.45) is 1.58. The van der Waals surface area contributed by atoms with Crippen LogP contribution >= 0.6 is 0 Å². The molecular weight excluding hydrogens is 154 g/mol. The topological polar surface area (TPSA) is 43.1 Å². The van der Waals surface area contributed by atoms with Crippen molar-refractivity contribution in [3.63, 3.8) is 0 Å². The summed E-state index contributed by atoms with van der Waals surface area (Å²) in [5, 5.41) is 10.5. The second-order valence-electron chi connectivity index (χ2n) is 2.47. The third-order valence-electron chi connectivity index (χ3n) is 1.68. The lowest BCUT2D eigenvalue weighted by Crippen LogP contribution is -2.09. The third kappa shape index (κ3) is 1.81. The second-order valence-corrected chi connectivity index (χ2v) is 2.47. The van der Waals surface area contributed by atoms with E-state index in [0.717, 1.165) is 5.56 Å². The number of rotatable bonds is 3. The van der Waals surface area contributed by atoms with Crippen LogP contribution in [0.25, 0.3) is 0 Å². The Labute approximate surface area is 71.2 Å². The van der Waals surface area contributed by atoms with Gasteiger partial charge in [0.15, 0.2) is 0 Å². The Hall–Kier alpha value is -1.38. The fourth-order valence-corrected chi connectivity index (χ4v) is 1.09. The predicted octanol–water partition coefficient (Wildman–Crippen LogP) is 2.23. The van der Waals surface area contributed by atoms with Crippen LogP contribution in [0.2, 0.25) is 0 Å². The van der Waals surface area contributed by atoms with Gasteiger partial charge in [-0.25, -0.2) is 0 Å². The summed E-state index contributed by atoms with van der Waals surface area (Å²) in [6.45, 7) is 1.69. The van der Waals surface area contributed by atoms with Gasteiger partial charge in [-0.15, -0.1) is 0 Å². The van der Waals surface area contributed by atoms with Gasteiger partial charge < -0.3 is 0 Å². The second kappa shape index (κ2) is 3.85. The van der Waals surface area contributed by atoms with Gasteiger partial charge in [-0.05, 0) is 0 Å². The van der Waals surface area contributed by atoms with E-state index in [1.54, 1.807) is 37.6 Å². The number of hydrogen-bond acceptors (Lipinski definition) is 2. The summed E-state index contributed by atoms with van der Waals surface area (Å²) in [5.41, 5.74) is 0.727. The summed E-state index contributed by atoms with van der Waals surface area (Å²) in [7, 11) is 0. The minimum atomic E-state index is -0.675. The Morgan fingerprint density at radius 2 is 2.00 bits per heavy atom. The van der Waals surface area contributed by atoms with Gasteiger partial charge in [-0.1, -0.05) is 37.3 Å². The monoisotopic (exact) mass is 164 g/mol. The van der Waals surface area contributed by atoms with E-state index in [-0.39, 0.29) is 4.92 Å². The van der Waals surface area contributed by atoms with Crippen LogP contribution in [-0.4, -0.2) is 4.92 Å². The highest BCUT2D eigenvalue weighted by atomic mass is 16.6. The van der Waals surface area contributed by atoms with Crippen LogP contribution < -0.4 is 0 Å². The minimum Gasteiger partial charge on any atom is -0.264 e. The zero-order valence-electron chi connectivity index (χ0n) is 6.81. The highest BCUT2D eigenvalue weighted by molar-refractivity contribution is 5.19. The summed E-state index contributed by atoms with van der Waals surface area (Å²) in [5.74, 6) is 0. The normalized spacial score (nSPS) is 12.4. The van der Waals surface area contributed by atoms with E-state index in [4.69, 9.17) is 0 Å². The first-order chi connectivity index (χ1) is 5.75. The number of nitrogens with zero attached hydrogens (tertiary/aromatic N) is 1. The molecule has 0 amide bonds. The molecule has 1 atom stereocenters. The van der Waals surface area contributed by atoms with Gasteiger partial charge in [0.1, 0.15) is 0 Å². The van der Waals surface area contributed by atoms with Crippen molar-refractivity contribution >= 4 is 0 Å². The zero-order valence-corrected chi connectivity index (χ0v) is 6.81. The molecule has 12 heavy (non-hydrogen) atoms. The third-order valence-corrected chi connectivity index (χ3v) is 1.68. The van der Waals surface area contributed by atoms with E-state index < -0.39 is 6.04 Å². The summed E-state index contributed by atoms with van der Waals surface area (Å²) < 4.78 is 0. The SMILES string of the molecule is C[CH]C(c1ccccc1)[N+](=O)[O-]. The van der Waals surface area contributed by atoms with E-state index in [1.165, 1.54) is 0 Å². The Kier molecular flexibility index (Phi) is 2.80. The molecule has 3 nitrogen and oxygen atoms in total. The van der Waals surface area contributed by atoms with Gasteiger partial charge in [0, 0.05) is 16.9 Å². The van der Waals surface area contributed by atoms with Crippen molar-refractivity contribution in [2.24, 2.45) is 0 Å². The van der Waals surface area contributed by atoms with Crippen molar-refractivity contribution in [2.45, 2.75) is 13.0 Å². The molecule has 0 saturated heterocycles. The zero-order chi connectivity index (χ0) is 8.97. The summed E-state index contributed by atoms with van der Waals surface area (Å²) in [6, 6.07) is 8.29. The Balaban J connectivity index is 2.88. The van der Waals surface area contributed by atoms with Gasteiger partial charge >= 0.3 is 0 Å². The summed E-state index contributed by atoms with van der Waals surface area (Å²) in [4.78, 5) is 10.2. The van der Waals surface area contributed by atoms with Gasteiger partial charge in [-0.3, -0.25) is 10.1 Å². The molecule has 0 heterocycles. The Bertz CT molecular complexity index is 258. The van der Waals surface area contributed by atoms with Crippen LogP contribution in [0.15, 0.2) is 30.3 Å². The highest BCUT2D eigenvalue weighted by Gasteiger charge is 2.19. The minimum absolute atomic E-state index is 0.296. The standard InChI is InChI=1S/C9H10NO2/c1-2-9(10(11)12)8-6-4-3-5-7-8/h2-7,9H,1H3. The highest BCUT2D eigenvalue weighted by Crippen LogP contribution is 2.17. The largest absolute Gasteiger partial charge is 0.264 e. The Morgan fingerprint density at radius 3 is 2.42 bits per heavy atom. The van der Waals surface area contributed by atoms with Crippen molar-refractivity contribution in [1.29, 1.82) is 0 Å². The molecular formula is C9H10NO2. The van der Waals surface area contributed by atoms with E-state index >= 15 is 0 Å². The maximum Gasteiger partial charge on any atom is 0.241 e. The lowest BCUT2D eigenvalue weighted by atomic mass is 10.1. The lowest BCUT2D eigenvalue weighted by molar-refractivity contribution is -0.519. The average Bonchev–Trinajstić information content (AvgIpc) is 2.07. The molecule has 0 aromatic heterocycles. The molecule has 1 aromatic rings. The number of hydrogen-bond donors (Lipinski definition) is 0. The first kappa shape index (κ1) is 8.71. The molecule has 0 bridgehead atoms. The predicted molar refractivity (Wildman–Crippen MR) is 46.2 cm³/mol. The molecule has 0 N–H and O–H groups in total. The van der Waals surface area contributed by atoms with Gasteiger partial charge in [-0.2, -0.15) is 0 Å². The van der Waals surface area contributed by atoms with Crippen molar-refractivity contribution in [1.82, 2.24) is 0 Å². The lowest BCUT2D eigenvalue weighted by Gasteiger charge is -2.05. The van der Waals surface area contributed by atoms with Crippen LogP contribution in [0.1, 0.15) is 18.5 Å². The molecule has 0 fully saturated rings. The molecule has 1 aromatic carbocycles. The number of benzene rings is 1. The maximum absolute atomic E-state index is 10.5. The van der Waals surface area contributed by atoms with Crippen LogP contribution in [-0.2, 0) is 0 Å². The van der Waals surface area contributed by atoms with Crippen molar-refractivity contribution in [2.75, 3.05) is 0 Å². The smallest absolute Gasteiger partial charge is 0.241 e.